The summed E-state index contributed by atoms with van der Waals surface area (Å²) in [5.74, 6) is -0.00785. The minimum Gasteiger partial charge on any atom is -0.461 e. The summed E-state index contributed by atoms with van der Waals surface area (Å²) in [6.07, 6.45) is -7.27. The van der Waals surface area contributed by atoms with E-state index >= 15 is 0 Å². The van der Waals surface area contributed by atoms with Gasteiger partial charge in [-0.25, -0.2) is 0 Å². The third kappa shape index (κ3) is 4.27. The number of nitroso groups, excluding NO2 is 1. The van der Waals surface area contributed by atoms with Crippen LogP contribution < -0.4 is 10.2 Å². The number of fused-ring (bicyclic) bond motifs is 1. The van der Waals surface area contributed by atoms with E-state index in [2.05, 4.69) is 5.18 Å². The van der Waals surface area contributed by atoms with Crippen molar-refractivity contribution in [1.29, 1.82) is 0 Å². The molecule has 172 valence electrons. The number of aldehydes is 1. The lowest BCUT2D eigenvalue weighted by molar-refractivity contribution is -0.277. The van der Waals surface area contributed by atoms with E-state index in [1.54, 1.807) is 0 Å². The standard InChI is InChI=1S/C22H19NO10/c24-8-10-5-15-18(13(26)7-14(31-15)11-1-3-12(23-30)4-2-11)16(6-10)32-22-21(29)20(28)19(27)17(9-25)33-22/h1-8,17,19-22,25,27-29H,9H2. The van der Waals surface area contributed by atoms with Crippen LogP contribution in [0.1, 0.15) is 10.4 Å². The number of rotatable bonds is 6. The quantitative estimate of drug-likeness (QED) is 0.306. The minimum atomic E-state index is -1.71. The number of aliphatic hydroxyl groups excluding tert-OH is 4. The zero-order valence-corrected chi connectivity index (χ0v) is 16.9. The highest BCUT2D eigenvalue weighted by Gasteiger charge is 2.45. The number of nitrogens with zero attached hydrogens (tertiary/aromatic N) is 1. The molecule has 33 heavy (non-hydrogen) atoms. The van der Waals surface area contributed by atoms with Gasteiger partial charge in [0.15, 0.2) is 5.43 Å². The van der Waals surface area contributed by atoms with Crippen molar-refractivity contribution in [3.05, 3.63) is 63.2 Å². The van der Waals surface area contributed by atoms with Crippen LogP contribution in [0.3, 0.4) is 0 Å². The zero-order valence-electron chi connectivity index (χ0n) is 16.9. The van der Waals surface area contributed by atoms with Gasteiger partial charge >= 0.3 is 0 Å². The molecule has 0 amide bonds. The molecule has 1 aromatic heterocycles. The van der Waals surface area contributed by atoms with Gasteiger partial charge in [-0.1, -0.05) is 0 Å². The van der Waals surface area contributed by atoms with E-state index in [0.717, 1.165) is 0 Å². The lowest BCUT2D eigenvalue weighted by Crippen LogP contribution is -2.60. The van der Waals surface area contributed by atoms with Crippen LogP contribution in [-0.2, 0) is 4.74 Å². The Labute approximate surface area is 185 Å². The van der Waals surface area contributed by atoms with Crippen LogP contribution in [0.15, 0.2) is 56.9 Å². The monoisotopic (exact) mass is 457 g/mol. The first kappa shape index (κ1) is 22.7. The summed E-state index contributed by atoms with van der Waals surface area (Å²) < 4.78 is 16.7. The first-order chi connectivity index (χ1) is 15.9. The molecule has 5 atom stereocenters. The highest BCUT2D eigenvalue weighted by Crippen LogP contribution is 2.32. The normalized spacial score (nSPS) is 25.0. The number of carbonyl (C=O) groups is 1. The smallest absolute Gasteiger partial charge is 0.229 e. The lowest BCUT2D eigenvalue weighted by Gasteiger charge is -2.39. The van der Waals surface area contributed by atoms with E-state index in [4.69, 9.17) is 13.9 Å². The second kappa shape index (κ2) is 9.17. The van der Waals surface area contributed by atoms with Crippen molar-refractivity contribution in [1.82, 2.24) is 0 Å². The van der Waals surface area contributed by atoms with Gasteiger partial charge in [-0.3, -0.25) is 9.59 Å². The van der Waals surface area contributed by atoms with Crippen LogP contribution in [-0.4, -0.2) is 64.0 Å². The Hall–Kier alpha value is -3.48. The van der Waals surface area contributed by atoms with Gasteiger partial charge in [-0.15, -0.1) is 4.91 Å². The number of aliphatic hydroxyl groups is 4. The number of carbonyl (C=O) groups excluding carboxylic acids is 1. The molecule has 3 aromatic rings. The molecule has 1 aliphatic rings. The van der Waals surface area contributed by atoms with E-state index in [1.165, 1.54) is 42.5 Å². The zero-order chi connectivity index (χ0) is 23.7. The first-order valence-electron chi connectivity index (χ1n) is 9.84. The first-order valence-corrected chi connectivity index (χ1v) is 9.84. The predicted octanol–water partition coefficient (Wildman–Crippen LogP) is 0.849. The van der Waals surface area contributed by atoms with Gasteiger partial charge in [0, 0.05) is 17.2 Å². The van der Waals surface area contributed by atoms with E-state index in [9.17, 15) is 34.9 Å². The molecule has 4 N–H and O–H groups in total. The molecule has 2 aromatic carbocycles. The molecular formula is C22H19NO10. The average Bonchev–Trinajstić information content (AvgIpc) is 2.83. The summed E-state index contributed by atoms with van der Waals surface area (Å²) in [5, 5.41) is 42.3. The highest BCUT2D eigenvalue weighted by atomic mass is 16.7. The Kier molecular flexibility index (Phi) is 6.31. The number of benzene rings is 2. The molecule has 0 aliphatic carbocycles. The maximum absolute atomic E-state index is 12.9. The molecule has 1 saturated heterocycles. The Balaban J connectivity index is 1.77. The second-order valence-corrected chi connectivity index (χ2v) is 7.44. The lowest BCUT2D eigenvalue weighted by atomic mass is 9.99. The minimum absolute atomic E-state index is 0.000667. The molecule has 2 heterocycles. The number of hydrogen-bond acceptors (Lipinski definition) is 11. The molecule has 1 aliphatic heterocycles. The van der Waals surface area contributed by atoms with Crippen molar-refractivity contribution in [2.45, 2.75) is 30.7 Å². The van der Waals surface area contributed by atoms with Crippen LogP contribution in [0.25, 0.3) is 22.3 Å². The maximum Gasteiger partial charge on any atom is 0.229 e. The van der Waals surface area contributed by atoms with Crippen molar-refractivity contribution in [3.8, 4) is 17.1 Å². The maximum atomic E-state index is 12.9. The van der Waals surface area contributed by atoms with Crippen molar-refractivity contribution < 1.29 is 39.1 Å². The van der Waals surface area contributed by atoms with Gasteiger partial charge < -0.3 is 34.3 Å². The largest absolute Gasteiger partial charge is 0.461 e. The van der Waals surface area contributed by atoms with Crippen LogP contribution in [0.4, 0.5) is 5.69 Å². The van der Waals surface area contributed by atoms with Crippen LogP contribution in [0.2, 0.25) is 0 Å². The van der Waals surface area contributed by atoms with E-state index in [1.807, 2.05) is 0 Å². The second-order valence-electron chi connectivity index (χ2n) is 7.44. The Morgan fingerprint density at radius 1 is 1.03 bits per heavy atom. The Morgan fingerprint density at radius 2 is 1.76 bits per heavy atom. The summed E-state index contributed by atoms with van der Waals surface area (Å²) in [6, 6.07) is 9.72. The van der Waals surface area contributed by atoms with Gasteiger partial charge in [-0.05, 0) is 41.6 Å². The van der Waals surface area contributed by atoms with E-state index in [-0.39, 0.29) is 33.7 Å². The van der Waals surface area contributed by atoms with Gasteiger partial charge in [0.2, 0.25) is 6.29 Å². The molecule has 1 fully saturated rings. The van der Waals surface area contributed by atoms with Gasteiger partial charge in [-0.2, -0.15) is 0 Å². The van der Waals surface area contributed by atoms with Crippen molar-refractivity contribution in [2.75, 3.05) is 6.61 Å². The fraction of sp³-hybridized carbons (Fsp3) is 0.273. The number of hydrogen-bond donors (Lipinski definition) is 4. The van der Waals surface area contributed by atoms with E-state index in [0.29, 0.717) is 11.8 Å². The van der Waals surface area contributed by atoms with E-state index < -0.39 is 42.7 Å². The summed E-state index contributed by atoms with van der Waals surface area (Å²) >= 11 is 0. The fourth-order valence-corrected chi connectivity index (χ4v) is 3.55. The SMILES string of the molecule is O=Cc1cc(OC2OC(CO)C(O)C(O)C2O)c2c(=O)cc(-c3ccc(N=O)cc3)oc2c1. The Morgan fingerprint density at radius 3 is 2.39 bits per heavy atom. The van der Waals surface area contributed by atoms with Crippen LogP contribution >= 0.6 is 0 Å². The molecule has 4 rings (SSSR count). The number of ether oxygens (including phenoxy) is 2. The fourth-order valence-electron chi connectivity index (χ4n) is 3.55. The molecule has 11 heteroatoms. The molecule has 0 bridgehead atoms. The molecule has 0 radical (unpaired) electrons. The summed E-state index contributed by atoms with van der Waals surface area (Å²) in [6.45, 7) is -0.663. The van der Waals surface area contributed by atoms with Crippen LogP contribution in [0, 0.1) is 4.91 Å². The topological polar surface area (TPSA) is 176 Å². The summed E-state index contributed by atoms with van der Waals surface area (Å²) in [5.41, 5.74) is 0.220. The molecule has 11 nitrogen and oxygen atoms in total. The Bertz CT molecular complexity index is 1240. The van der Waals surface area contributed by atoms with Crippen molar-refractivity contribution in [2.24, 2.45) is 5.18 Å². The highest BCUT2D eigenvalue weighted by molar-refractivity contribution is 5.91. The molecule has 0 spiro atoms. The average molecular weight is 457 g/mol. The van der Waals surface area contributed by atoms with Gasteiger partial charge in [0.1, 0.15) is 58.9 Å². The summed E-state index contributed by atoms with van der Waals surface area (Å²) in [4.78, 5) is 35.0. The third-order valence-corrected chi connectivity index (χ3v) is 5.30. The van der Waals surface area contributed by atoms with Crippen LogP contribution in [0.5, 0.6) is 5.75 Å². The van der Waals surface area contributed by atoms with Crippen molar-refractivity contribution in [3.63, 3.8) is 0 Å². The molecular weight excluding hydrogens is 438 g/mol. The molecule has 0 saturated carbocycles. The van der Waals surface area contributed by atoms with Crippen molar-refractivity contribution >= 4 is 22.9 Å². The molecule has 5 unspecified atom stereocenters. The third-order valence-electron chi connectivity index (χ3n) is 5.30. The van der Waals surface area contributed by atoms with Gasteiger partial charge in [0.25, 0.3) is 0 Å². The summed E-state index contributed by atoms with van der Waals surface area (Å²) in [7, 11) is 0. The van der Waals surface area contributed by atoms with Gasteiger partial charge in [0.05, 0.1) is 6.61 Å². The predicted molar refractivity (Wildman–Crippen MR) is 113 cm³/mol.